The summed E-state index contributed by atoms with van der Waals surface area (Å²) >= 11 is 0. The number of likely N-dealkylation sites (tertiary alicyclic amines) is 1. The van der Waals surface area contributed by atoms with Gasteiger partial charge in [-0.1, -0.05) is 36.4 Å². The van der Waals surface area contributed by atoms with Crippen LogP contribution in [-0.4, -0.2) is 44.7 Å². The lowest BCUT2D eigenvalue weighted by molar-refractivity contribution is -0.00620. The summed E-state index contributed by atoms with van der Waals surface area (Å²) in [5, 5.41) is 0. The van der Waals surface area contributed by atoms with E-state index in [1.165, 1.54) is 0 Å². The molecule has 6 heteroatoms. The minimum Gasteiger partial charge on any atom is -0.486 e. The number of Topliss-reactive ketones (excluding diaryl/α,β-unsaturated/α-hetero) is 1. The lowest BCUT2D eigenvalue weighted by Crippen LogP contribution is -2.52. The van der Waals surface area contributed by atoms with Crippen molar-refractivity contribution in [3.05, 3.63) is 89.2 Å². The van der Waals surface area contributed by atoms with Crippen LogP contribution in [0.1, 0.15) is 51.1 Å². The average Bonchev–Trinajstić information content (AvgIpc) is 3.31. The summed E-state index contributed by atoms with van der Waals surface area (Å²) < 4.78 is 8.44. The second-order valence-electron chi connectivity index (χ2n) is 9.73. The van der Waals surface area contributed by atoms with Gasteiger partial charge < -0.3 is 14.0 Å². The Morgan fingerprint density at radius 3 is 2.57 bits per heavy atom. The number of piperidine rings is 1. The summed E-state index contributed by atoms with van der Waals surface area (Å²) in [6.07, 6.45) is 5.51. The number of hydrogen-bond acceptors (Lipinski definition) is 4. The number of nitrogens with zero attached hydrogens (tertiary/aromatic N) is 3. The van der Waals surface area contributed by atoms with Crippen LogP contribution in [0.5, 0.6) is 5.75 Å². The molecule has 0 bridgehead atoms. The van der Waals surface area contributed by atoms with Gasteiger partial charge in [-0.05, 0) is 43.2 Å². The number of fused-ring (bicyclic) bond motifs is 2. The van der Waals surface area contributed by atoms with E-state index in [2.05, 4.69) is 0 Å². The van der Waals surface area contributed by atoms with Crippen molar-refractivity contribution < 1.29 is 14.3 Å². The van der Waals surface area contributed by atoms with Gasteiger partial charge in [-0.15, -0.1) is 0 Å². The van der Waals surface area contributed by atoms with Crippen LogP contribution in [0, 0.1) is 13.8 Å². The largest absolute Gasteiger partial charge is 0.486 e. The number of aryl methyl sites for hydroxylation is 1. The van der Waals surface area contributed by atoms with Gasteiger partial charge in [0.05, 0.1) is 17.7 Å². The maximum atomic E-state index is 13.3. The maximum Gasteiger partial charge on any atom is 0.254 e. The molecule has 2 aromatic heterocycles. The molecule has 1 saturated heterocycles. The number of imidazole rings is 1. The number of aromatic nitrogens is 2. The van der Waals surface area contributed by atoms with Crippen LogP contribution in [0.25, 0.3) is 16.9 Å². The molecule has 1 amide bonds. The third-order valence-electron chi connectivity index (χ3n) is 7.52. The highest BCUT2D eigenvalue weighted by molar-refractivity contribution is 6.01. The molecule has 0 unspecified atom stereocenters. The van der Waals surface area contributed by atoms with Gasteiger partial charge in [0.2, 0.25) is 0 Å². The monoisotopic (exact) mass is 465 g/mol. The summed E-state index contributed by atoms with van der Waals surface area (Å²) in [6, 6.07) is 17.6. The molecular weight excluding hydrogens is 438 g/mol. The van der Waals surface area contributed by atoms with E-state index in [0.29, 0.717) is 43.5 Å². The van der Waals surface area contributed by atoms with Crippen LogP contribution in [0.3, 0.4) is 0 Å². The first-order chi connectivity index (χ1) is 16.9. The van der Waals surface area contributed by atoms with Crippen LogP contribution >= 0.6 is 0 Å². The van der Waals surface area contributed by atoms with Crippen molar-refractivity contribution in [1.82, 2.24) is 14.3 Å². The van der Waals surface area contributed by atoms with Gasteiger partial charge in [0.15, 0.2) is 5.78 Å². The Kier molecular flexibility index (Phi) is 4.99. The lowest BCUT2D eigenvalue weighted by atomic mass is 9.81. The van der Waals surface area contributed by atoms with E-state index in [4.69, 9.17) is 9.72 Å². The Bertz CT molecular complexity index is 1460. The van der Waals surface area contributed by atoms with Gasteiger partial charge in [-0.3, -0.25) is 9.59 Å². The summed E-state index contributed by atoms with van der Waals surface area (Å²) in [7, 11) is 0. The van der Waals surface area contributed by atoms with Crippen molar-refractivity contribution in [2.75, 3.05) is 13.1 Å². The normalized spacial score (nSPS) is 16.9. The van der Waals surface area contributed by atoms with E-state index in [1.54, 1.807) is 0 Å². The van der Waals surface area contributed by atoms with Crippen molar-refractivity contribution in [2.24, 2.45) is 0 Å². The maximum absolute atomic E-state index is 13.3. The zero-order valence-corrected chi connectivity index (χ0v) is 20.0. The van der Waals surface area contributed by atoms with E-state index < -0.39 is 5.60 Å². The highest BCUT2D eigenvalue weighted by Crippen LogP contribution is 2.42. The van der Waals surface area contributed by atoms with Crippen molar-refractivity contribution in [3.8, 4) is 17.0 Å². The van der Waals surface area contributed by atoms with Crippen LogP contribution in [0.2, 0.25) is 0 Å². The van der Waals surface area contributed by atoms with Crippen LogP contribution in [0.15, 0.2) is 67.0 Å². The van der Waals surface area contributed by atoms with E-state index in [1.807, 2.05) is 90.1 Å². The Morgan fingerprint density at radius 1 is 1.03 bits per heavy atom. The quantitative estimate of drug-likeness (QED) is 0.405. The van der Waals surface area contributed by atoms with Crippen LogP contribution in [0.4, 0.5) is 0 Å². The number of benzene rings is 2. The molecule has 2 aliphatic rings. The highest BCUT2D eigenvalue weighted by Gasteiger charge is 2.44. The second kappa shape index (κ2) is 8.08. The summed E-state index contributed by atoms with van der Waals surface area (Å²) in [4.78, 5) is 32.8. The predicted molar refractivity (Wildman–Crippen MR) is 134 cm³/mol. The average molecular weight is 466 g/mol. The van der Waals surface area contributed by atoms with E-state index in [-0.39, 0.29) is 11.7 Å². The fourth-order valence-electron chi connectivity index (χ4n) is 5.22. The number of carbonyl (C=O) groups is 2. The van der Waals surface area contributed by atoms with Gasteiger partial charge in [0.1, 0.15) is 17.0 Å². The zero-order chi connectivity index (χ0) is 24.2. The molecule has 1 spiro atoms. The second-order valence-corrected chi connectivity index (χ2v) is 9.73. The third-order valence-corrected chi connectivity index (χ3v) is 7.52. The molecular formula is C29H27N3O3. The molecule has 0 radical (unpaired) electrons. The summed E-state index contributed by atoms with van der Waals surface area (Å²) in [5.41, 5.74) is 5.57. The summed E-state index contributed by atoms with van der Waals surface area (Å²) in [6.45, 7) is 5.15. The smallest absolute Gasteiger partial charge is 0.254 e. The standard InChI is InChI=1S/C29H27N3O3/c1-19-8-9-23-25(33)17-29(35-27(23)20(19)2)11-14-31(15-12-29)28(34)22-10-13-32-18-24(30-26(32)16-22)21-6-4-3-5-7-21/h3-10,13,16,18H,11-12,14-15,17H2,1-2H3. The van der Waals surface area contributed by atoms with Crippen LogP contribution < -0.4 is 4.74 Å². The number of hydrogen-bond donors (Lipinski definition) is 0. The lowest BCUT2D eigenvalue weighted by Gasteiger charge is -2.44. The number of ether oxygens (including phenoxy) is 1. The molecule has 2 aromatic carbocycles. The van der Waals surface area contributed by atoms with Crippen molar-refractivity contribution in [1.29, 1.82) is 0 Å². The minimum atomic E-state index is -0.531. The molecule has 4 heterocycles. The molecule has 0 N–H and O–H groups in total. The molecule has 2 aliphatic heterocycles. The SMILES string of the molecule is Cc1ccc2c(c1C)OC1(CCN(C(=O)c3ccn4cc(-c5ccccc5)nc4c3)CC1)CC2=O. The van der Waals surface area contributed by atoms with Crippen molar-refractivity contribution in [3.63, 3.8) is 0 Å². The van der Waals surface area contributed by atoms with Crippen molar-refractivity contribution >= 4 is 17.3 Å². The first-order valence-corrected chi connectivity index (χ1v) is 12.1. The Balaban J connectivity index is 1.20. The molecule has 0 atom stereocenters. The van der Waals surface area contributed by atoms with Crippen LogP contribution in [-0.2, 0) is 0 Å². The van der Waals surface area contributed by atoms with Gasteiger partial charge in [-0.25, -0.2) is 4.98 Å². The van der Waals surface area contributed by atoms with Gasteiger partial charge in [0.25, 0.3) is 5.91 Å². The third kappa shape index (κ3) is 3.70. The molecule has 4 aromatic rings. The number of pyridine rings is 1. The minimum absolute atomic E-state index is 0.0128. The molecule has 6 rings (SSSR count). The van der Waals surface area contributed by atoms with E-state index in [0.717, 1.165) is 33.8 Å². The van der Waals surface area contributed by atoms with Gasteiger partial charge in [-0.2, -0.15) is 0 Å². The van der Waals surface area contributed by atoms with E-state index in [9.17, 15) is 9.59 Å². The summed E-state index contributed by atoms with van der Waals surface area (Å²) in [5.74, 6) is 0.842. The molecule has 0 aliphatic carbocycles. The first-order valence-electron chi connectivity index (χ1n) is 12.1. The number of ketones is 1. The Morgan fingerprint density at radius 2 is 1.80 bits per heavy atom. The Hall–Kier alpha value is -3.93. The molecule has 1 fully saturated rings. The fourth-order valence-corrected chi connectivity index (χ4v) is 5.22. The number of rotatable bonds is 2. The zero-order valence-electron chi connectivity index (χ0n) is 20.0. The number of amides is 1. The first kappa shape index (κ1) is 21.6. The number of carbonyl (C=O) groups excluding carboxylic acids is 2. The molecule has 176 valence electrons. The van der Waals surface area contributed by atoms with E-state index >= 15 is 0 Å². The topological polar surface area (TPSA) is 63.9 Å². The Labute approximate surface area is 204 Å². The molecule has 35 heavy (non-hydrogen) atoms. The highest BCUT2D eigenvalue weighted by atomic mass is 16.5. The van der Waals surface area contributed by atoms with Gasteiger partial charge >= 0.3 is 0 Å². The molecule has 0 saturated carbocycles. The molecule has 6 nitrogen and oxygen atoms in total. The fraction of sp³-hybridized carbons (Fsp3) is 0.276. The van der Waals surface area contributed by atoms with Gasteiger partial charge in [0, 0.05) is 49.5 Å². The predicted octanol–water partition coefficient (Wildman–Crippen LogP) is 5.26. The van der Waals surface area contributed by atoms with Crippen molar-refractivity contribution in [2.45, 2.75) is 38.7 Å².